The molecule has 4 heterocycles. The number of pyridine rings is 1. The zero-order chi connectivity index (χ0) is 22.1. The summed E-state index contributed by atoms with van der Waals surface area (Å²) in [5.74, 6) is 1.15. The van der Waals surface area contributed by atoms with Gasteiger partial charge in [-0.3, -0.25) is 0 Å². The summed E-state index contributed by atoms with van der Waals surface area (Å²) in [7, 11) is 0. The number of rotatable bonds is 4. The molecule has 5 rings (SSSR count). The summed E-state index contributed by atoms with van der Waals surface area (Å²) in [5, 5.41) is 4.78. The summed E-state index contributed by atoms with van der Waals surface area (Å²) in [6.07, 6.45) is -1.15. The van der Waals surface area contributed by atoms with Gasteiger partial charge < -0.3 is 15.0 Å². The average molecular weight is 457 g/mol. The monoisotopic (exact) mass is 457 g/mol. The highest BCUT2D eigenvalue weighted by Gasteiger charge is 2.34. The zero-order valence-corrected chi connectivity index (χ0v) is 17.6. The number of anilines is 3. The number of alkyl halides is 3. The second kappa shape index (κ2) is 8.36. The summed E-state index contributed by atoms with van der Waals surface area (Å²) in [5.41, 5.74) is 1.02. The molecule has 0 aliphatic carbocycles. The van der Waals surface area contributed by atoms with Crippen molar-refractivity contribution in [1.82, 2.24) is 15.0 Å². The van der Waals surface area contributed by atoms with E-state index in [1.54, 1.807) is 23.8 Å². The molecule has 0 saturated carbocycles. The van der Waals surface area contributed by atoms with Gasteiger partial charge in [0.25, 0.3) is 0 Å². The smallest absolute Gasteiger partial charge is 0.378 e. The van der Waals surface area contributed by atoms with Crippen LogP contribution in [-0.4, -0.2) is 41.3 Å². The first-order valence-electron chi connectivity index (χ1n) is 9.96. The Morgan fingerprint density at radius 3 is 2.53 bits per heavy atom. The van der Waals surface area contributed by atoms with Gasteiger partial charge in [-0.25, -0.2) is 15.0 Å². The number of nitrogens with zero attached hydrogens (tertiary/aromatic N) is 4. The minimum atomic E-state index is -4.45. The van der Waals surface area contributed by atoms with Crippen molar-refractivity contribution in [3.63, 3.8) is 0 Å². The van der Waals surface area contributed by atoms with Crippen molar-refractivity contribution < 1.29 is 17.9 Å². The van der Waals surface area contributed by atoms with Gasteiger partial charge in [-0.1, -0.05) is 18.2 Å². The molecule has 10 heteroatoms. The van der Waals surface area contributed by atoms with E-state index in [0.717, 1.165) is 25.0 Å². The maximum Gasteiger partial charge on any atom is 0.417 e. The number of benzene rings is 1. The fraction of sp³-hybridized carbons (Fsp3) is 0.227. The van der Waals surface area contributed by atoms with Gasteiger partial charge in [0.15, 0.2) is 0 Å². The number of thiophene rings is 1. The first-order valence-corrected chi connectivity index (χ1v) is 10.8. The Balaban J connectivity index is 1.44. The van der Waals surface area contributed by atoms with Crippen molar-refractivity contribution in [2.75, 3.05) is 36.5 Å². The molecule has 3 aromatic heterocycles. The Morgan fingerprint density at radius 2 is 1.78 bits per heavy atom. The maximum atomic E-state index is 13.5. The number of aromatic nitrogens is 3. The predicted octanol–water partition coefficient (Wildman–Crippen LogP) is 5.35. The number of nitrogens with one attached hydrogen (secondary N) is 1. The van der Waals surface area contributed by atoms with E-state index in [1.165, 1.54) is 23.5 Å². The summed E-state index contributed by atoms with van der Waals surface area (Å²) < 4.78 is 46.6. The second-order valence-electron chi connectivity index (χ2n) is 7.23. The molecular weight excluding hydrogens is 439 g/mol. The second-order valence-corrected chi connectivity index (χ2v) is 8.14. The predicted molar refractivity (Wildman–Crippen MR) is 118 cm³/mol. The van der Waals surface area contributed by atoms with Crippen molar-refractivity contribution in [2.24, 2.45) is 0 Å². The van der Waals surface area contributed by atoms with Crippen molar-refractivity contribution in [3.05, 3.63) is 59.7 Å². The van der Waals surface area contributed by atoms with E-state index in [4.69, 9.17) is 4.74 Å². The Labute approximate surface area is 185 Å². The van der Waals surface area contributed by atoms with E-state index in [1.807, 2.05) is 12.1 Å². The Bertz CT molecular complexity index is 1240. The van der Waals surface area contributed by atoms with Crippen molar-refractivity contribution >= 4 is 39.0 Å². The molecule has 32 heavy (non-hydrogen) atoms. The fourth-order valence-corrected chi connectivity index (χ4v) is 4.48. The lowest BCUT2D eigenvalue weighted by Crippen LogP contribution is -2.36. The quantitative estimate of drug-likeness (QED) is 0.446. The van der Waals surface area contributed by atoms with Crippen LogP contribution in [0.5, 0.6) is 0 Å². The van der Waals surface area contributed by atoms with Gasteiger partial charge in [0.2, 0.25) is 5.95 Å². The minimum absolute atomic E-state index is 0.104. The van der Waals surface area contributed by atoms with Crippen LogP contribution in [0.1, 0.15) is 5.56 Å². The Hall–Kier alpha value is -3.24. The molecule has 0 amide bonds. The number of morpholine rings is 1. The molecule has 0 radical (unpaired) electrons. The third-order valence-electron chi connectivity index (χ3n) is 5.18. The summed E-state index contributed by atoms with van der Waals surface area (Å²) in [4.78, 5) is 15.4. The van der Waals surface area contributed by atoms with Gasteiger partial charge in [0, 0.05) is 24.0 Å². The van der Waals surface area contributed by atoms with Gasteiger partial charge in [-0.15, -0.1) is 11.3 Å². The van der Waals surface area contributed by atoms with Crippen LogP contribution in [0.25, 0.3) is 21.3 Å². The van der Waals surface area contributed by atoms with Crippen LogP contribution in [0, 0.1) is 0 Å². The van der Waals surface area contributed by atoms with Gasteiger partial charge in [0.05, 0.1) is 47.1 Å². The van der Waals surface area contributed by atoms with Crippen LogP contribution in [0.15, 0.2) is 54.2 Å². The van der Waals surface area contributed by atoms with Crippen LogP contribution in [-0.2, 0) is 10.9 Å². The standard InChI is InChI=1S/C22H18F3N5OS/c23-22(24,25)17-4-2-1-3-15(17)16-13-32-18-12-27-21(29-20(16)18)28-14-5-6-19(26-11-14)30-7-9-31-10-8-30/h1-6,11-13H,7-10H2,(H,27,28,29). The highest BCUT2D eigenvalue weighted by atomic mass is 32.1. The van der Waals surface area contributed by atoms with E-state index in [2.05, 4.69) is 25.2 Å². The van der Waals surface area contributed by atoms with Crippen LogP contribution in [0.3, 0.4) is 0 Å². The molecule has 0 spiro atoms. The zero-order valence-electron chi connectivity index (χ0n) is 16.8. The SMILES string of the molecule is FC(F)(F)c1ccccc1-c1csc2cnc(Nc3ccc(N4CCOCC4)nc3)nc12. The van der Waals surface area contributed by atoms with E-state index < -0.39 is 11.7 Å². The Kier molecular flexibility index (Phi) is 5.40. The number of ether oxygens (including phenoxy) is 1. The number of halogens is 3. The molecule has 1 aliphatic rings. The normalized spacial score (nSPS) is 14.7. The maximum absolute atomic E-state index is 13.5. The van der Waals surface area contributed by atoms with Crippen LogP contribution in [0.2, 0.25) is 0 Å². The summed E-state index contributed by atoms with van der Waals surface area (Å²) in [6.45, 7) is 2.94. The van der Waals surface area contributed by atoms with Gasteiger partial charge in [-0.05, 0) is 23.8 Å². The topological polar surface area (TPSA) is 63.2 Å². The van der Waals surface area contributed by atoms with E-state index in [0.29, 0.717) is 40.6 Å². The fourth-order valence-electron chi connectivity index (χ4n) is 3.61. The first-order chi connectivity index (χ1) is 15.5. The summed E-state index contributed by atoms with van der Waals surface area (Å²) >= 11 is 1.31. The van der Waals surface area contributed by atoms with Crippen LogP contribution < -0.4 is 10.2 Å². The molecule has 0 atom stereocenters. The lowest BCUT2D eigenvalue weighted by molar-refractivity contribution is -0.137. The van der Waals surface area contributed by atoms with Crippen LogP contribution >= 0.6 is 11.3 Å². The third-order valence-corrected chi connectivity index (χ3v) is 6.08. The number of hydrogen-bond donors (Lipinski definition) is 1. The molecule has 164 valence electrons. The first kappa shape index (κ1) is 20.7. The van der Waals surface area contributed by atoms with Crippen LogP contribution in [0.4, 0.5) is 30.6 Å². The molecule has 0 bridgehead atoms. The van der Waals surface area contributed by atoms with Crippen molar-refractivity contribution in [3.8, 4) is 11.1 Å². The molecule has 0 unspecified atom stereocenters. The molecule has 1 aromatic carbocycles. The highest BCUT2D eigenvalue weighted by Crippen LogP contribution is 2.41. The van der Waals surface area contributed by atoms with E-state index >= 15 is 0 Å². The molecule has 4 aromatic rings. The molecule has 1 N–H and O–H groups in total. The van der Waals surface area contributed by atoms with Gasteiger partial charge >= 0.3 is 6.18 Å². The third kappa shape index (κ3) is 4.11. The van der Waals surface area contributed by atoms with Gasteiger partial charge in [0.1, 0.15) is 5.82 Å². The average Bonchev–Trinajstić information content (AvgIpc) is 3.23. The minimum Gasteiger partial charge on any atom is -0.378 e. The molecular formula is C22H18F3N5OS. The lowest BCUT2D eigenvalue weighted by atomic mass is 10.0. The molecule has 1 aliphatic heterocycles. The van der Waals surface area contributed by atoms with E-state index in [9.17, 15) is 13.2 Å². The molecule has 1 saturated heterocycles. The summed E-state index contributed by atoms with van der Waals surface area (Å²) in [6, 6.07) is 9.31. The van der Waals surface area contributed by atoms with Crippen molar-refractivity contribution in [2.45, 2.75) is 6.18 Å². The lowest BCUT2D eigenvalue weighted by Gasteiger charge is -2.27. The molecule has 6 nitrogen and oxygen atoms in total. The number of fused-ring (bicyclic) bond motifs is 1. The van der Waals surface area contributed by atoms with Crippen molar-refractivity contribution in [1.29, 1.82) is 0 Å². The largest absolute Gasteiger partial charge is 0.417 e. The van der Waals surface area contributed by atoms with E-state index in [-0.39, 0.29) is 5.56 Å². The Morgan fingerprint density at radius 1 is 0.969 bits per heavy atom. The highest BCUT2D eigenvalue weighted by molar-refractivity contribution is 7.17. The molecule has 1 fully saturated rings. The number of hydrogen-bond acceptors (Lipinski definition) is 7. The van der Waals surface area contributed by atoms with Gasteiger partial charge in [-0.2, -0.15) is 13.2 Å².